The molecular weight excluding hydrogens is 261 g/mol. The van der Waals surface area contributed by atoms with Gasteiger partial charge >= 0.3 is 0 Å². The fourth-order valence-corrected chi connectivity index (χ4v) is 1.30. The molecule has 0 bridgehead atoms. The first-order chi connectivity index (χ1) is 6.60. The van der Waals surface area contributed by atoms with Gasteiger partial charge < -0.3 is 0 Å². The smallest absolute Gasteiger partial charge is 0.233 e. The summed E-state index contributed by atoms with van der Waals surface area (Å²) < 4.78 is 37.6. The highest BCUT2D eigenvalue weighted by molar-refractivity contribution is 9.08. The van der Waals surface area contributed by atoms with Crippen LogP contribution in [-0.4, -0.2) is 4.98 Å². The molecule has 74 valence electrons. The normalized spacial score (nSPS) is 10.3. The standard InChI is InChI=1S/C8H4BrF3N2/c9-2-4-1-5(8(11)12)14-6(3-13)7(4)10/h1,8H,2H2. The highest BCUT2D eigenvalue weighted by Crippen LogP contribution is 2.22. The van der Waals surface area contributed by atoms with E-state index in [0.29, 0.717) is 0 Å². The van der Waals surface area contributed by atoms with Gasteiger partial charge in [0, 0.05) is 10.9 Å². The Labute approximate surface area is 86.5 Å². The minimum absolute atomic E-state index is 0.00634. The predicted molar refractivity (Wildman–Crippen MR) is 46.5 cm³/mol. The Morgan fingerprint density at radius 2 is 2.21 bits per heavy atom. The van der Waals surface area contributed by atoms with Crippen molar-refractivity contribution in [2.75, 3.05) is 0 Å². The van der Waals surface area contributed by atoms with Crippen LogP contribution in [0.5, 0.6) is 0 Å². The molecule has 0 aromatic carbocycles. The van der Waals surface area contributed by atoms with Crippen LogP contribution in [0.4, 0.5) is 13.2 Å². The number of halogens is 4. The van der Waals surface area contributed by atoms with Gasteiger partial charge in [0.2, 0.25) is 0 Å². The van der Waals surface area contributed by atoms with Crippen molar-refractivity contribution in [3.8, 4) is 6.07 Å². The lowest BCUT2D eigenvalue weighted by Crippen LogP contribution is -2.01. The Kier molecular flexibility index (Phi) is 3.47. The van der Waals surface area contributed by atoms with Crippen LogP contribution in [0.3, 0.4) is 0 Å². The van der Waals surface area contributed by atoms with Crippen LogP contribution >= 0.6 is 15.9 Å². The van der Waals surface area contributed by atoms with E-state index in [1.54, 1.807) is 0 Å². The molecule has 1 heterocycles. The highest BCUT2D eigenvalue weighted by Gasteiger charge is 2.16. The molecule has 2 nitrogen and oxygen atoms in total. The zero-order chi connectivity index (χ0) is 10.7. The van der Waals surface area contributed by atoms with Crippen LogP contribution in [0.25, 0.3) is 0 Å². The average Bonchev–Trinajstić information content (AvgIpc) is 2.17. The molecule has 1 aromatic heterocycles. The molecule has 1 rings (SSSR count). The number of hydrogen-bond acceptors (Lipinski definition) is 2. The molecule has 0 unspecified atom stereocenters. The first kappa shape index (κ1) is 11.0. The van der Waals surface area contributed by atoms with Gasteiger partial charge in [0.05, 0.1) is 0 Å². The van der Waals surface area contributed by atoms with E-state index < -0.39 is 23.6 Å². The molecule has 1 aromatic rings. The first-order valence-corrected chi connectivity index (χ1v) is 4.65. The van der Waals surface area contributed by atoms with Crippen molar-refractivity contribution in [1.29, 1.82) is 5.26 Å². The van der Waals surface area contributed by atoms with E-state index in [1.807, 2.05) is 0 Å². The second kappa shape index (κ2) is 4.42. The molecule has 0 radical (unpaired) electrons. The third kappa shape index (κ3) is 2.04. The first-order valence-electron chi connectivity index (χ1n) is 3.53. The second-order valence-electron chi connectivity index (χ2n) is 2.41. The lowest BCUT2D eigenvalue weighted by atomic mass is 10.2. The molecule has 0 atom stereocenters. The van der Waals surface area contributed by atoms with Crippen molar-refractivity contribution in [2.45, 2.75) is 11.8 Å². The van der Waals surface area contributed by atoms with Gasteiger partial charge in [-0.15, -0.1) is 0 Å². The molecule has 0 aliphatic carbocycles. The van der Waals surface area contributed by atoms with Crippen LogP contribution in [-0.2, 0) is 5.33 Å². The number of hydrogen-bond donors (Lipinski definition) is 0. The molecule has 0 saturated heterocycles. The minimum atomic E-state index is -2.81. The summed E-state index contributed by atoms with van der Waals surface area (Å²) in [6.45, 7) is 0. The molecule has 14 heavy (non-hydrogen) atoms. The minimum Gasteiger partial charge on any atom is -0.233 e. The maximum Gasteiger partial charge on any atom is 0.280 e. The summed E-state index contributed by atoms with van der Waals surface area (Å²) in [5.41, 5.74) is -1.18. The third-order valence-electron chi connectivity index (χ3n) is 1.53. The molecular formula is C8H4BrF3N2. The lowest BCUT2D eigenvalue weighted by molar-refractivity contribution is 0.145. The number of rotatable bonds is 2. The van der Waals surface area contributed by atoms with Crippen molar-refractivity contribution in [3.05, 3.63) is 28.8 Å². The third-order valence-corrected chi connectivity index (χ3v) is 2.13. The summed E-state index contributed by atoms with van der Waals surface area (Å²) in [4.78, 5) is 3.19. The largest absolute Gasteiger partial charge is 0.280 e. The summed E-state index contributed by atoms with van der Waals surface area (Å²) in [6, 6.07) is 2.37. The number of alkyl halides is 3. The topological polar surface area (TPSA) is 36.7 Å². The quantitative estimate of drug-likeness (QED) is 0.771. The van der Waals surface area contributed by atoms with Crippen molar-refractivity contribution in [3.63, 3.8) is 0 Å². The Bertz CT molecular complexity index is 387. The summed E-state index contributed by atoms with van der Waals surface area (Å²) in [5, 5.41) is 8.50. The monoisotopic (exact) mass is 264 g/mol. The van der Waals surface area contributed by atoms with Crippen LogP contribution in [0.2, 0.25) is 0 Å². The predicted octanol–water partition coefficient (Wildman–Crippen LogP) is 2.92. The van der Waals surface area contributed by atoms with Gasteiger partial charge in [0.15, 0.2) is 11.5 Å². The zero-order valence-electron chi connectivity index (χ0n) is 6.77. The van der Waals surface area contributed by atoms with E-state index in [4.69, 9.17) is 5.26 Å². The Morgan fingerprint density at radius 3 is 2.64 bits per heavy atom. The number of nitrogens with zero attached hydrogens (tertiary/aromatic N) is 2. The Hall–Kier alpha value is -1.09. The van der Waals surface area contributed by atoms with E-state index in [0.717, 1.165) is 6.07 Å². The molecule has 0 N–H and O–H groups in total. The van der Waals surface area contributed by atoms with Gasteiger partial charge in [-0.2, -0.15) is 5.26 Å². The Balaban J connectivity index is 3.34. The fourth-order valence-electron chi connectivity index (χ4n) is 0.888. The van der Waals surface area contributed by atoms with Crippen molar-refractivity contribution in [1.82, 2.24) is 4.98 Å². The van der Waals surface area contributed by atoms with E-state index in [2.05, 4.69) is 20.9 Å². The molecule has 0 spiro atoms. The van der Waals surface area contributed by atoms with Crippen molar-refractivity contribution in [2.24, 2.45) is 0 Å². The van der Waals surface area contributed by atoms with Crippen LogP contribution in [0, 0.1) is 17.1 Å². The van der Waals surface area contributed by atoms with Gasteiger partial charge in [0.1, 0.15) is 11.8 Å². The van der Waals surface area contributed by atoms with Gasteiger partial charge in [-0.25, -0.2) is 18.2 Å². The van der Waals surface area contributed by atoms with Crippen LogP contribution in [0.15, 0.2) is 6.07 Å². The average molecular weight is 265 g/mol. The Morgan fingerprint density at radius 1 is 1.57 bits per heavy atom. The van der Waals surface area contributed by atoms with Gasteiger partial charge in [0.25, 0.3) is 6.43 Å². The fraction of sp³-hybridized carbons (Fsp3) is 0.250. The summed E-state index contributed by atoms with van der Waals surface area (Å²) in [5.74, 6) is -0.853. The van der Waals surface area contributed by atoms with Gasteiger partial charge in [-0.05, 0) is 6.07 Å². The maximum absolute atomic E-state index is 13.2. The van der Waals surface area contributed by atoms with E-state index in [9.17, 15) is 13.2 Å². The second-order valence-corrected chi connectivity index (χ2v) is 2.98. The van der Waals surface area contributed by atoms with Crippen molar-refractivity contribution < 1.29 is 13.2 Å². The van der Waals surface area contributed by atoms with Crippen molar-refractivity contribution >= 4 is 15.9 Å². The van der Waals surface area contributed by atoms with Gasteiger partial charge in [-0.1, -0.05) is 15.9 Å². The summed E-state index contributed by atoms with van der Waals surface area (Å²) in [6.07, 6.45) is -2.81. The van der Waals surface area contributed by atoms with Crippen LogP contribution in [0.1, 0.15) is 23.4 Å². The molecule has 0 aliphatic rings. The van der Waals surface area contributed by atoms with Gasteiger partial charge in [-0.3, -0.25) is 0 Å². The summed E-state index contributed by atoms with van der Waals surface area (Å²) >= 11 is 2.93. The lowest BCUT2D eigenvalue weighted by Gasteiger charge is -2.04. The summed E-state index contributed by atoms with van der Waals surface area (Å²) in [7, 11) is 0. The maximum atomic E-state index is 13.2. The zero-order valence-corrected chi connectivity index (χ0v) is 8.35. The number of nitriles is 1. The molecule has 6 heteroatoms. The van der Waals surface area contributed by atoms with E-state index >= 15 is 0 Å². The molecule has 0 aliphatic heterocycles. The molecule has 0 fully saturated rings. The number of aromatic nitrogens is 1. The van der Waals surface area contributed by atoms with E-state index in [-0.39, 0.29) is 10.9 Å². The highest BCUT2D eigenvalue weighted by atomic mass is 79.9. The molecule has 0 saturated carbocycles. The molecule has 0 amide bonds. The number of pyridine rings is 1. The van der Waals surface area contributed by atoms with E-state index in [1.165, 1.54) is 6.07 Å². The SMILES string of the molecule is N#Cc1nc(C(F)F)cc(CBr)c1F. The van der Waals surface area contributed by atoms with Crippen LogP contribution < -0.4 is 0 Å².